The van der Waals surface area contributed by atoms with E-state index in [-0.39, 0.29) is 19.0 Å². The molecule has 4 rings (SSSR count). The molecule has 4 heteroatoms. The highest BCUT2D eigenvalue weighted by Gasteiger charge is 2.12. The number of ether oxygens (including phenoxy) is 1. The van der Waals surface area contributed by atoms with Crippen LogP contribution in [0.4, 0.5) is 0 Å². The van der Waals surface area contributed by atoms with Crippen molar-refractivity contribution >= 4 is 27.7 Å². The quantitative estimate of drug-likeness (QED) is 0.305. The van der Waals surface area contributed by atoms with Crippen molar-refractivity contribution < 1.29 is 13.9 Å². The van der Waals surface area contributed by atoms with Crippen molar-refractivity contribution in [3.63, 3.8) is 0 Å². The van der Waals surface area contributed by atoms with Gasteiger partial charge in [0.25, 0.3) is 0 Å². The van der Waals surface area contributed by atoms with Gasteiger partial charge >= 0.3 is 11.6 Å². The number of hydrogen-bond donors (Lipinski definition) is 0. The second-order valence-electron chi connectivity index (χ2n) is 6.51. The minimum atomic E-state index is -0.456. The smallest absolute Gasteiger partial charge is 0.336 e. The monoisotopic (exact) mass is 358 g/mol. The Morgan fingerprint density at radius 3 is 2.59 bits per heavy atom. The Kier molecular flexibility index (Phi) is 4.47. The number of fused-ring (bicyclic) bond motifs is 3. The molecule has 1 heterocycles. The fourth-order valence-corrected chi connectivity index (χ4v) is 3.31. The maximum atomic E-state index is 12.3. The Morgan fingerprint density at radius 2 is 1.74 bits per heavy atom. The lowest BCUT2D eigenvalue weighted by Gasteiger charge is -2.10. The van der Waals surface area contributed by atoms with E-state index < -0.39 is 5.63 Å². The highest BCUT2D eigenvalue weighted by atomic mass is 16.5. The molecule has 0 amide bonds. The summed E-state index contributed by atoms with van der Waals surface area (Å²) in [6, 6.07) is 20.6. The van der Waals surface area contributed by atoms with Crippen LogP contribution in [-0.4, -0.2) is 5.97 Å². The minimum absolute atomic E-state index is 0.0286. The largest absolute Gasteiger partial charge is 0.461 e. The van der Waals surface area contributed by atoms with Crippen LogP contribution < -0.4 is 5.63 Å². The van der Waals surface area contributed by atoms with Crippen molar-refractivity contribution in [3.8, 4) is 0 Å². The van der Waals surface area contributed by atoms with Gasteiger partial charge in [0.2, 0.25) is 0 Å². The summed E-state index contributed by atoms with van der Waals surface area (Å²) in [4.78, 5) is 24.2. The molecule has 3 aromatic carbocycles. The highest BCUT2D eigenvalue weighted by Crippen LogP contribution is 2.27. The molecule has 0 atom stereocenters. The van der Waals surface area contributed by atoms with Crippen molar-refractivity contribution in [2.45, 2.75) is 20.0 Å². The average molecular weight is 358 g/mol. The molecule has 0 saturated carbocycles. The SMILES string of the molecule is Cc1ccccc1CC(=O)OCc1cc(=O)oc2ccc3ccccc3c12. The summed E-state index contributed by atoms with van der Waals surface area (Å²) in [6.07, 6.45) is 0.201. The second kappa shape index (κ2) is 7.08. The van der Waals surface area contributed by atoms with Crippen LogP contribution in [0.15, 0.2) is 75.9 Å². The summed E-state index contributed by atoms with van der Waals surface area (Å²) in [6.45, 7) is 1.99. The fraction of sp³-hybridized carbons (Fsp3) is 0.130. The Hall–Kier alpha value is -3.40. The summed E-state index contributed by atoms with van der Waals surface area (Å²) in [5.74, 6) is -0.328. The van der Waals surface area contributed by atoms with Crippen molar-refractivity contribution in [2.75, 3.05) is 0 Å². The molecule has 0 aliphatic heterocycles. The van der Waals surface area contributed by atoms with Gasteiger partial charge in [-0.3, -0.25) is 4.79 Å². The third-order valence-electron chi connectivity index (χ3n) is 4.70. The molecular weight excluding hydrogens is 340 g/mol. The Balaban J connectivity index is 1.65. The van der Waals surface area contributed by atoms with E-state index >= 15 is 0 Å². The second-order valence-corrected chi connectivity index (χ2v) is 6.51. The molecular formula is C23H18O4. The maximum absolute atomic E-state index is 12.3. The van der Waals surface area contributed by atoms with Gasteiger partial charge in [-0.15, -0.1) is 0 Å². The van der Waals surface area contributed by atoms with Gasteiger partial charge in [-0.05, 0) is 34.9 Å². The van der Waals surface area contributed by atoms with Gasteiger partial charge in [0.05, 0.1) is 6.42 Å². The van der Waals surface area contributed by atoms with Crippen molar-refractivity contribution in [2.24, 2.45) is 0 Å². The number of esters is 1. The van der Waals surface area contributed by atoms with E-state index in [0.717, 1.165) is 27.3 Å². The van der Waals surface area contributed by atoms with E-state index in [9.17, 15) is 9.59 Å². The van der Waals surface area contributed by atoms with Crippen LogP contribution in [0, 0.1) is 6.92 Å². The van der Waals surface area contributed by atoms with Crippen LogP contribution in [0.2, 0.25) is 0 Å². The van der Waals surface area contributed by atoms with Gasteiger partial charge < -0.3 is 9.15 Å². The molecule has 0 fully saturated rings. The first-order valence-electron chi connectivity index (χ1n) is 8.76. The molecule has 0 spiro atoms. The van der Waals surface area contributed by atoms with E-state index in [1.807, 2.05) is 61.5 Å². The van der Waals surface area contributed by atoms with Gasteiger partial charge in [-0.2, -0.15) is 0 Å². The lowest BCUT2D eigenvalue weighted by Crippen LogP contribution is -2.10. The van der Waals surface area contributed by atoms with Crippen molar-refractivity contribution in [3.05, 3.63) is 93.8 Å². The molecule has 0 aliphatic rings. The van der Waals surface area contributed by atoms with Gasteiger partial charge in [0.1, 0.15) is 12.2 Å². The molecule has 0 bridgehead atoms. The van der Waals surface area contributed by atoms with Crippen molar-refractivity contribution in [1.29, 1.82) is 0 Å². The molecule has 134 valence electrons. The first kappa shape index (κ1) is 17.0. The molecule has 0 radical (unpaired) electrons. The Morgan fingerprint density at radius 1 is 0.963 bits per heavy atom. The van der Waals surface area contributed by atoms with E-state index in [2.05, 4.69) is 0 Å². The molecule has 27 heavy (non-hydrogen) atoms. The Labute approximate surface area is 156 Å². The van der Waals surface area contributed by atoms with Crippen LogP contribution in [0.3, 0.4) is 0 Å². The summed E-state index contributed by atoms with van der Waals surface area (Å²) < 4.78 is 10.8. The predicted octanol–water partition coefficient (Wildman–Crippen LogP) is 4.54. The lowest BCUT2D eigenvalue weighted by atomic mass is 10.0. The summed E-state index contributed by atoms with van der Waals surface area (Å²) in [7, 11) is 0. The number of hydrogen-bond acceptors (Lipinski definition) is 4. The number of benzene rings is 3. The molecule has 0 saturated heterocycles. The van der Waals surface area contributed by atoms with E-state index in [1.54, 1.807) is 6.07 Å². The predicted molar refractivity (Wildman–Crippen MR) is 105 cm³/mol. The van der Waals surface area contributed by atoms with E-state index in [1.165, 1.54) is 6.07 Å². The molecule has 1 aromatic heterocycles. The topological polar surface area (TPSA) is 56.5 Å². The number of aryl methyl sites for hydroxylation is 1. The zero-order valence-electron chi connectivity index (χ0n) is 14.9. The number of carbonyl (C=O) groups is 1. The standard InChI is InChI=1S/C23H18O4/c1-15-6-2-3-8-17(15)12-21(24)26-14-18-13-22(25)27-20-11-10-16-7-4-5-9-19(16)23(18)20/h2-11,13H,12,14H2,1H3. The van der Waals surface area contributed by atoms with Crippen LogP contribution in [-0.2, 0) is 22.6 Å². The van der Waals surface area contributed by atoms with E-state index in [4.69, 9.17) is 9.15 Å². The lowest BCUT2D eigenvalue weighted by molar-refractivity contribution is -0.144. The molecule has 4 aromatic rings. The summed E-state index contributed by atoms with van der Waals surface area (Å²) >= 11 is 0. The van der Waals surface area contributed by atoms with Crippen LogP contribution in [0.5, 0.6) is 0 Å². The van der Waals surface area contributed by atoms with Gasteiger partial charge in [0, 0.05) is 17.0 Å². The highest BCUT2D eigenvalue weighted by molar-refractivity contribution is 6.07. The first-order valence-corrected chi connectivity index (χ1v) is 8.76. The summed E-state index contributed by atoms with van der Waals surface area (Å²) in [5.41, 5.74) is 2.67. The average Bonchev–Trinajstić information content (AvgIpc) is 2.67. The zero-order chi connectivity index (χ0) is 18.8. The molecule has 0 aliphatic carbocycles. The van der Waals surface area contributed by atoms with Crippen LogP contribution in [0.25, 0.3) is 21.7 Å². The molecule has 0 N–H and O–H groups in total. The van der Waals surface area contributed by atoms with Crippen LogP contribution >= 0.6 is 0 Å². The first-order chi connectivity index (χ1) is 13.1. The molecule has 4 nitrogen and oxygen atoms in total. The summed E-state index contributed by atoms with van der Waals surface area (Å²) in [5, 5.41) is 2.80. The number of carbonyl (C=O) groups excluding carboxylic acids is 1. The zero-order valence-corrected chi connectivity index (χ0v) is 14.9. The third kappa shape index (κ3) is 3.47. The fourth-order valence-electron chi connectivity index (χ4n) is 3.31. The van der Waals surface area contributed by atoms with E-state index in [0.29, 0.717) is 11.1 Å². The minimum Gasteiger partial charge on any atom is -0.461 e. The van der Waals surface area contributed by atoms with Crippen LogP contribution in [0.1, 0.15) is 16.7 Å². The van der Waals surface area contributed by atoms with Gasteiger partial charge in [0.15, 0.2) is 0 Å². The Bertz CT molecular complexity index is 1200. The maximum Gasteiger partial charge on any atom is 0.336 e. The number of rotatable bonds is 4. The third-order valence-corrected chi connectivity index (χ3v) is 4.70. The normalized spacial score (nSPS) is 11.0. The molecule has 0 unspecified atom stereocenters. The van der Waals surface area contributed by atoms with Gasteiger partial charge in [-0.1, -0.05) is 54.6 Å². The van der Waals surface area contributed by atoms with Gasteiger partial charge in [-0.25, -0.2) is 4.79 Å². The van der Waals surface area contributed by atoms with Crippen molar-refractivity contribution in [1.82, 2.24) is 0 Å².